The van der Waals surface area contributed by atoms with Crippen LogP contribution in [0.15, 0.2) is 28.7 Å². The Labute approximate surface area is 130 Å². The zero-order valence-electron chi connectivity index (χ0n) is 10.9. The summed E-state index contributed by atoms with van der Waals surface area (Å²) in [5.74, 6) is -0.323. The summed E-state index contributed by atoms with van der Waals surface area (Å²) in [5.41, 5.74) is 0. The Bertz CT molecular complexity index is 634. The molecule has 1 fully saturated rings. The normalized spacial score (nSPS) is 21.9. The van der Waals surface area contributed by atoms with Crippen LogP contribution in [0.1, 0.15) is 24.1 Å². The summed E-state index contributed by atoms with van der Waals surface area (Å²) in [5, 5.41) is 13.5. The highest BCUT2D eigenvalue weighted by molar-refractivity contribution is 9.10. The predicted octanol–water partition coefficient (Wildman–Crippen LogP) is 4.01. The van der Waals surface area contributed by atoms with Gasteiger partial charge in [-0.3, -0.25) is 4.79 Å². The van der Waals surface area contributed by atoms with Crippen molar-refractivity contribution in [3.8, 4) is 0 Å². The molecular weight excluding hydrogens is 338 g/mol. The lowest BCUT2D eigenvalue weighted by Crippen LogP contribution is -2.41. The molecule has 1 aliphatic rings. The molecule has 2 N–H and O–H groups in total. The van der Waals surface area contributed by atoms with E-state index in [9.17, 15) is 4.79 Å². The molecule has 0 atom stereocenters. The largest absolute Gasteiger partial charge is 0.481 e. The van der Waals surface area contributed by atoms with E-state index in [1.807, 2.05) is 11.3 Å². The smallest absolute Gasteiger partial charge is 0.303 e. The van der Waals surface area contributed by atoms with Crippen molar-refractivity contribution in [2.45, 2.75) is 31.8 Å². The average Bonchev–Trinajstić information content (AvgIpc) is 2.69. The van der Waals surface area contributed by atoms with Gasteiger partial charge in [0.25, 0.3) is 0 Å². The second kappa shape index (κ2) is 5.84. The van der Waals surface area contributed by atoms with Gasteiger partial charge >= 0.3 is 5.97 Å². The number of benzene rings is 1. The molecule has 1 heterocycles. The molecule has 1 saturated carbocycles. The van der Waals surface area contributed by atoms with E-state index < -0.39 is 5.97 Å². The van der Waals surface area contributed by atoms with Gasteiger partial charge < -0.3 is 10.4 Å². The van der Waals surface area contributed by atoms with Crippen LogP contribution in [0.3, 0.4) is 0 Å². The van der Waals surface area contributed by atoms with Gasteiger partial charge in [-0.2, -0.15) is 0 Å². The van der Waals surface area contributed by atoms with Gasteiger partial charge in [0.05, 0.1) is 0 Å². The molecular formula is C15H16BrNO2S. The number of hydrogen-bond acceptors (Lipinski definition) is 3. The Morgan fingerprint density at radius 1 is 1.40 bits per heavy atom. The standard InChI is InChI=1S/C15H16BrNO2S/c16-15-11-3-1-2-4-12(11)20-13(15)8-17-10-5-9(6-10)7-14(18)19/h1-4,9-10,17H,5-8H2,(H,18,19). The van der Waals surface area contributed by atoms with Gasteiger partial charge in [0, 0.05) is 38.4 Å². The summed E-state index contributed by atoms with van der Waals surface area (Å²) < 4.78 is 2.49. The molecule has 2 aromatic rings. The minimum Gasteiger partial charge on any atom is -0.481 e. The first-order chi connectivity index (χ1) is 9.63. The molecule has 0 saturated heterocycles. The first-order valence-corrected chi connectivity index (χ1v) is 8.35. The van der Waals surface area contributed by atoms with Gasteiger partial charge in [0.15, 0.2) is 0 Å². The maximum absolute atomic E-state index is 10.6. The molecule has 3 nitrogen and oxygen atoms in total. The third-order valence-corrected chi connectivity index (χ3v) is 6.19. The van der Waals surface area contributed by atoms with Crippen molar-refractivity contribution in [3.05, 3.63) is 33.6 Å². The van der Waals surface area contributed by atoms with Gasteiger partial charge in [-0.05, 0) is 40.8 Å². The lowest BCUT2D eigenvalue weighted by Gasteiger charge is -2.35. The molecule has 0 spiro atoms. The van der Waals surface area contributed by atoms with Crippen molar-refractivity contribution in [3.63, 3.8) is 0 Å². The number of carbonyl (C=O) groups is 1. The van der Waals surface area contributed by atoms with Gasteiger partial charge in [-0.25, -0.2) is 0 Å². The fourth-order valence-electron chi connectivity index (χ4n) is 2.73. The number of fused-ring (bicyclic) bond motifs is 1. The monoisotopic (exact) mass is 353 g/mol. The number of rotatable bonds is 5. The van der Waals surface area contributed by atoms with Crippen molar-refractivity contribution < 1.29 is 9.90 Å². The maximum Gasteiger partial charge on any atom is 0.303 e. The van der Waals surface area contributed by atoms with E-state index in [4.69, 9.17) is 5.11 Å². The number of halogens is 1. The maximum atomic E-state index is 10.6. The molecule has 1 aliphatic carbocycles. The lowest BCUT2D eigenvalue weighted by atomic mass is 9.78. The predicted molar refractivity (Wildman–Crippen MR) is 85.1 cm³/mol. The van der Waals surface area contributed by atoms with Gasteiger partial charge in [-0.1, -0.05) is 18.2 Å². The van der Waals surface area contributed by atoms with Crippen molar-refractivity contribution in [1.82, 2.24) is 5.32 Å². The molecule has 0 amide bonds. The zero-order valence-corrected chi connectivity index (χ0v) is 13.3. The van der Waals surface area contributed by atoms with Crippen LogP contribution < -0.4 is 5.32 Å². The minimum atomic E-state index is -0.680. The molecule has 0 aliphatic heterocycles. The van der Waals surface area contributed by atoms with E-state index in [-0.39, 0.29) is 0 Å². The summed E-state index contributed by atoms with van der Waals surface area (Å²) in [6.45, 7) is 0.852. The van der Waals surface area contributed by atoms with E-state index in [0.29, 0.717) is 18.4 Å². The van der Waals surface area contributed by atoms with E-state index >= 15 is 0 Å². The topological polar surface area (TPSA) is 49.3 Å². The Balaban J connectivity index is 1.56. The highest BCUT2D eigenvalue weighted by atomic mass is 79.9. The molecule has 0 radical (unpaired) electrons. The van der Waals surface area contributed by atoms with Crippen LogP contribution in [0, 0.1) is 5.92 Å². The van der Waals surface area contributed by atoms with E-state index in [1.165, 1.54) is 19.4 Å². The number of hydrogen-bond donors (Lipinski definition) is 2. The number of carboxylic acids is 1. The third kappa shape index (κ3) is 2.90. The first kappa shape index (κ1) is 14.0. The van der Waals surface area contributed by atoms with Crippen molar-refractivity contribution in [1.29, 1.82) is 0 Å². The minimum absolute atomic E-state index is 0.310. The number of thiophene rings is 1. The third-order valence-electron chi connectivity index (χ3n) is 3.85. The molecule has 0 unspecified atom stereocenters. The summed E-state index contributed by atoms with van der Waals surface area (Å²) in [6, 6.07) is 8.85. The van der Waals surface area contributed by atoms with Gasteiger partial charge in [0.1, 0.15) is 0 Å². The van der Waals surface area contributed by atoms with Crippen LogP contribution in [0.25, 0.3) is 10.1 Å². The Morgan fingerprint density at radius 2 is 2.15 bits per heavy atom. The number of aliphatic carboxylic acids is 1. The second-order valence-corrected chi connectivity index (χ2v) is 7.28. The fraction of sp³-hybridized carbons (Fsp3) is 0.400. The molecule has 1 aromatic carbocycles. The van der Waals surface area contributed by atoms with Crippen LogP contribution in [-0.4, -0.2) is 17.1 Å². The Kier molecular flexibility index (Phi) is 4.10. The Morgan fingerprint density at radius 3 is 2.85 bits per heavy atom. The lowest BCUT2D eigenvalue weighted by molar-refractivity contribution is -0.138. The summed E-state index contributed by atoms with van der Waals surface area (Å²) in [4.78, 5) is 11.9. The van der Waals surface area contributed by atoms with E-state index in [0.717, 1.165) is 19.4 Å². The molecule has 3 rings (SSSR count). The summed E-state index contributed by atoms with van der Waals surface area (Å²) in [7, 11) is 0. The van der Waals surface area contributed by atoms with E-state index in [1.54, 1.807) is 0 Å². The summed E-state index contributed by atoms with van der Waals surface area (Å²) in [6.07, 6.45) is 2.27. The van der Waals surface area contributed by atoms with Crippen molar-refractivity contribution >= 4 is 43.3 Å². The summed E-state index contributed by atoms with van der Waals surface area (Å²) >= 11 is 5.49. The number of carboxylic acid groups (broad SMARTS) is 1. The molecule has 106 valence electrons. The average molecular weight is 354 g/mol. The van der Waals surface area contributed by atoms with Crippen LogP contribution >= 0.6 is 27.3 Å². The first-order valence-electron chi connectivity index (χ1n) is 6.74. The highest BCUT2D eigenvalue weighted by Gasteiger charge is 2.30. The molecule has 20 heavy (non-hydrogen) atoms. The number of nitrogens with one attached hydrogen (secondary N) is 1. The van der Waals surface area contributed by atoms with Crippen LogP contribution in [0.2, 0.25) is 0 Å². The molecule has 5 heteroatoms. The van der Waals surface area contributed by atoms with Crippen molar-refractivity contribution in [2.75, 3.05) is 0 Å². The van der Waals surface area contributed by atoms with Crippen LogP contribution in [0.4, 0.5) is 0 Å². The van der Waals surface area contributed by atoms with Gasteiger partial charge in [-0.15, -0.1) is 11.3 Å². The quantitative estimate of drug-likeness (QED) is 0.853. The second-order valence-electron chi connectivity index (χ2n) is 5.35. The van der Waals surface area contributed by atoms with Crippen LogP contribution in [-0.2, 0) is 11.3 Å². The molecule has 0 bridgehead atoms. The Hall–Kier alpha value is -0.910. The van der Waals surface area contributed by atoms with Crippen molar-refractivity contribution in [2.24, 2.45) is 5.92 Å². The van der Waals surface area contributed by atoms with Crippen LogP contribution in [0.5, 0.6) is 0 Å². The fourth-order valence-corrected chi connectivity index (χ4v) is 4.64. The molecule has 1 aromatic heterocycles. The van der Waals surface area contributed by atoms with E-state index in [2.05, 4.69) is 45.5 Å². The highest BCUT2D eigenvalue weighted by Crippen LogP contribution is 2.36. The van der Waals surface area contributed by atoms with Gasteiger partial charge in [0.2, 0.25) is 0 Å². The SMILES string of the molecule is O=C(O)CC1CC(NCc2sc3ccccc3c2Br)C1. The zero-order chi connectivity index (χ0) is 14.1.